The zero-order valence-electron chi connectivity index (χ0n) is 16.0. The molecular formula is C23H27FN2O2. The number of aryl methyl sites for hydroxylation is 1. The van der Waals surface area contributed by atoms with Crippen molar-refractivity contribution in [1.29, 1.82) is 0 Å². The molecule has 0 radical (unpaired) electrons. The van der Waals surface area contributed by atoms with E-state index in [1.54, 1.807) is 12.1 Å². The standard InChI is InChI=1S/C23H27FN2O2/c24-20-10-8-19(9-11-20)17-23(15-13-22(28)26-23)14-12-21(27)25-16-4-7-18-5-2-1-3-6-18/h1-3,5-6,8-11H,4,7,12-17H2,(H,25,27)(H,26,28). The number of hydrogen-bond acceptors (Lipinski definition) is 2. The highest BCUT2D eigenvalue weighted by molar-refractivity contribution is 5.80. The molecule has 3 rings (SSSR count). The minimum atomic E-state index is -0.420. The van der Waals surface area contributed by atoms with E-state index in [4.69, 9.17) is 0 Å². The second kappa shape index (κ2) is 9.49. The topological polar surface area (TPSA) is 58.2 Å². The Hall–Kier alpha value is -2.69. The van der Waals surface area contributed by atoms with Crippen molar-refractivity contribution in [3.63, 3.8) is 0 Å². The van der Waals surface area contributed by atoms with E-state index in [9.17, 15) is 14.0 Å². The Morgan fingerprint density at radius 1 is 1.07 bits per heavy atom. The van der Waals surface area contributed by atoms with Gasteiger partial charge in [-0.3, -0.25) is 9.59 Å². The summed E-state index contributed by atoms with van der Waals surface area (Å²) in [5.41, 5.74) is 1.81. The van der Waals surface area contributed by atoms with Gasteiger partial charge in [0.2, 0.25) is 11.8 Å². The number of carbonyl (C=O) groups is 2. The molecule has 148 valence electrons. The van der Waals surface area contributed by atoms with Gasteiger partial charge in [-0.2, -0.15) is 0 Å². The zero-order valence-corrected chi connectivity index (χ0v) is 16.0. The van der Waals surface area contributed by atoms with Gasteiger partial charge in [0, 0.05) is 24.9 Å². The Labute approximate surface area is 165 Å². The van der Waals surface area contributed by atoms with Crippen LogP contribution in [0.2, 0.25) is 0 Å². The SMILES string of the molecule is O=C(CCC1(Cc2ccc(F)cc2)CCC(=O)N1)NCCCc1ccccc1. The molecule has 1 aliphatic rings. The van der Waals surface area contributed by atoms with Crippen LogP contribution in [0.3, 0.4) is 0 Å². The lowest BCUT2D eigenvalue weighted by atomic mass is 9.85. The van der Waals surface area contributed by atoms with Crippen LogP contribution in [0.1, 0.15) is 43.2 Å². The molecule has 2 N–H and O–H groups in total. The maximum Gasteiger partial charge on any atom is 0.220 e. The summed E-state index contributed by atoms with van der Waals surface area (Å²) in [6, 6.07) is 16.5. The molecular weight excluding hydrogens is 355 g/mol. The molecule has 1 saturated heterocycles. The number of benzene rings is 2. The molecule has 1 fully saturated rings. The molecule has 28 heavy (non-hydrogen) atoms. The van der Waals surface area contributed by atoms with E-state index in [0.717, 1.165) is 18.4 Å². The fourth-order valence-corrected chi connectivity index (χ4v) is 3.78. The highest BCUT2D eigenvalue weighted by atomic mass is 19.1. The zero-order chi connectivity index (χ0) is 19.8. The lowest BCUT2D eigenvalue weighted by molar-refractivity contribution is -0.122. The Kier molecular flexibility index (Phi) is 6.80. The van der Waals surface area contributed by atoms with Crippen molar-refractivity contribution in [3.8, 4) is 0 Å². The van der Waals surface area contributed by atoms with Crippen LogP contribution in [0.25, 0.3) is 0 Å². The van der Waals surface area contributed by atoms with E-state index < -0.39 is 5.54 Å². The van der Waals surface area contributed by atoms with Gasteiger partial charge in [0.15, 0.2) is 0 Å². The normalized spacial score (nSPS) is 18.7. The van der Waals surface area contributed by atoms with E-state index in [1.165, 1.54) is 17.7 Å². The fraction of sp³-hybridized carbons (Fsp3) is 0.391. The molecule has 0 aromatic heterocycles. The van der Waals surface area contributed by atoms with Crippen LogP contribution < -0.4 is 10.6 Å². The van der Waals surface area contributed by atoms with Crippen LogP contribution >= 0.6 is 0 Å². The molecule has 2 amide bonds. The van der Waals surface area contributed by atoms with Crippen molar-refractivity contribution in [2.24, 2.45) is 0 Å². The fourth-order valence-electron chi connectivity index (χ4n) is 3.78. The van der Waals surface area contributed by atoms with Crippen molar-refractivity contribution in [1.82, 2.24) is 10.6 Å². The lowest BCUT2D eigenvalue weighted by Gasteiger charge is -2.29. The highest BCUT2D eigenvalue weighted by Crippen LogP contribution is 2.29. The van der Waals surface area contributed by atoms with Crippen molar-refractivity contribution in [2.75, 3.05) is 6.54 Å². The van der Waals surface area contributed by atoms with Crippen LogP contribution in [-0.4, -0.2) is 23.9 Å². The summed E-state index contributed by atoms with van der Waals surface area (Å²) in [6.07, 6.45) is 4.57. The van der Waals surface area contributed by atoms with Gasteiger partial charge in [0.1, 0.15) is 5.82 Å². The average Bonchev–Trinajstić information content (AvgIpc) is 3.07. The van der Waals surface area contributed by atoms with Crippen LogP contribution in [0, 0.1) is 5.82 Å². The molecule has 0 aliphatic carbocycles. The minimum Gasteiger partial charge on any atom is -0.356 e. The largest absolute Gasteiger partial charge is 0.356 e. The van der Waals surface area contributed by atoms with Gasteiger partial charge in [-0.05, 0) is 55.4 Å². The molecule has 0 bridgehead atoms. The van der Waals surface area contributed by atoms with Crippen LogP contribution in [0.15, 0.2) is 54.6 Å². The maximum absolute atomic E-state index is 13.1. The molecule has 5 heteroatoms. The highest BCUT2D eigenvalue weighted by Gasteiger charge is 2.37. The van der Waals surface area contributed by atoms with Gasteiger partial charge in [-0.15, -0.1) is 0 Å². The molecule has 0 saturated carbocycles. The van der Waals surface area contributed by atoms with Gasteiger partial charge in [0.05, 0.1) is 0 Å². The van der Waals surface area contributed by atoms with Gasteiger partial charge in [0.25, 0.3) is 0 Å². The van der Waals surface area contributed by atoms with E-state index in [0.29, 0.717) is 38.6 Å². The molecule has 1 atom stereocenters. The van der Waals surface area contributed by atoms with E-state index in [1.807, 2.05) is 18.2 Å². The third-order valence-corrected chi connectivity index (χ3v) is 5.33. The first-order valence-electron chi connectivity index (χ1n) is 9.91. The molecule has 2 aromatic rings. The first-order valence-corrected chi connectivity index (χ1v) is 9.91. The van der Waals surface area contributed by atoms with Crippen molar-refractivity contribution < 1.29 is 14.0 Å². The molecule has 1 heterocycles. The number of amides is 2. The van der Waals surface area contributed by atoms with Gasteiger partial charge in [-0.1, -0.05) is 42.5 Å². The summed E-state index contributed by atoms with van der Waals surface area (Å²) in [7, 11) is 0. The Morgan fingerprint density at radius 2 is 1.82 bits per heavy atom. The Balaban J connectivity index is 1.46. The third-order valence-electron chi connectivity index (χ3n) is 5.33. The number of halogens is 1. The molecule has 1 unspecified atom stereocenters. The van der Waals surface area contributed by atoms with Crippen LogP contribution in [-0.2, 0) is 22.4 Å². The average molecular weight is 382 g/mol. The summed E-state index contributed by atoms with van der Waals surface area (Å²) in [6.45, 7) is 0.644. The van der Waals surface area contributed by atoms with Gasteiger partial charge in [-0.25, -0.2) is 4.39 Å². The summed E-state index contributed by atoms with van der Waals surface area (Å²) in [4.78, 5) is 24.1. The van der Waals surface area contributed by atoms with Crippen molar-refractivity contribution in [2.45, 2.75) is 50.5 Å². The first-order chi connectivity index (χ1) is 13.5. The molecule has 0 spiro atoms. The van der Waals surface area contributed by atoms with Gasteiger partial charge >= 0.3 is 0 Å². The van der Waals surface area contributed by atoms with E-state index >= 15 is 0 Å². The molecule has 1 aliphatic heterocycles. The second-order valence-corrected chi connectivity index (χ2v) is 7.57. The van der Waals surface area contributed by atoms with Crippen molar-refractivity contribution in [3.05, 3.63) is 71.5 Å². The Morgan fingerprint density at radius 3 is 2.50 bits per heavy atom. The number of nitrogens with one attached hydrogen (secondary N) is 2. The third kappa shape index (κ3) is 5.91. The Bertz CT molecular complexity index is 792. The monoisotopic (exact) mass is 382 g/mol. The smallest absolute Gasteiger partial charge is 0.220 e. The van der Waals surface area contributed by atoms with Gasteiger partial charge < -0.3 is 10.6 Å². The van der Waals surface area contributed by atoms with Crippen LogP contribution in [0.5, 0.6) is 0 Å². The predicted octanol–water partition coefficient (Wildman–Crippen LogP) is 3.55. The van der Waals surface area contributed by atoms with E-state index in [-0.39, 0.29) is 17.6 Å². The quantitative estimate of drug-likeness (QED) is 0.652. The number of hydrogen-bond donors (Lipinski definition) is 2. The second-order valence-electron chi connectivity index (χ2n) is 7.57. The summed E-state index contributed by atoms with van der Waals surface area (Å²) in [5, 5.41) is 6.04. The summed E-state index contributed by atoms with van der Waals surface area (Å²) < 4.78 is 13.1. The predicted molar refractivity (Wildman–Crippen MR) is 107 cm³/mol. The lowest BCUT2D eigenvalue weighted by Crippen LogP contribution is -2.44. The molecule has 2 aromatic carbocycles. The van der Waals surface area contributed by atoms with Crippen molar-refractivity contribution >= 4 is 11.8 Å². The maximum atomic E-state index is 13.1. The first kappa shape index (κ1) is 20.1. The van der Waals surface area contributed by atoms with Crippen LogP contribution in [0.4, 0.5) is 4.39 Å². The number of rotatable bonds is 9. The number of carbonyl (C=O) groups excluding carboxylic acids is 2. The van der Waals surface area contributed by atoms with E-state index in [2.05, 4.69) is 22.8 Å². The summed E-state index contributed by atoms with van der Waals surface area (Å²) in [5.74, 6) is -0.249. The molecule has 4 nitrogen and oxygen atoms in total. The summed E-state index contributed by atoms with van der Waals surface area (Å²) >= 11 is 0. The minimum absolute atomic E-state index is 0.00712.